The maximum Gasteiger partial charge on any atom is 0.0429 e. The van der Waals surface area contributed by atoms with Crippen LogP contribution < -0.4 is 0 Å². The highest BCUT2D eigenvalue weighted by molar-refractivity contribution is 8.48. The van der Waals surface area contributed by atoms with E-state index in [1.165, 1.54) is 0 Å². The molecule has 4 N–H and O–H groups in total. The Morgan fingerprint density at radius 1 is 0.818 bits per heavy atom. The van der Waals surface area contributed by atoms with Gasteiger partial charge in [-0.2, -0.15) is 0 Å². The van der Waals surface area contributed by atoms with Crippen LogP contribution >= 0.6 is 9.42 Å². The molecule has 0 aromatic rings. The molecule has 0 atom stereocenters. The summed E-state index contributed by atoms with van der Waals surface area (Å²) in [4.78, 5) is 0. The van der Waals surface area contributed by atoms with Gasteiger partial charge in [-0.15, -0.1) is 0 Å². The molecule has 0 fully saturated rings. The van der Waals surface area contributed by atoms with Crippen molar-refractivity contribution in [2.75, 3.05) is 11.5 Å². The fourth-order valence-electron chi connectivity index (χ4n) is 1.12. The SMILES string of the molecule is CCCS(O)(O)(O)(O)CCC. The molecule has 0 bridgehead atoms. The van der Waals surface area contributed by atoms with Gasteiger partial charge in [0.15, 0.2) is 0 Å². The summed E-state index contributed by atoms with van der Waals surface area (Å²) in [6.07, 6.45) is 0.670. The van der Waals surface area contributed by atoms with E-state index in [0.29, 0.717) is 12.8 Å². The first kappa shape index (κ1) is 11.2. The van der Waals surface area contributed by atoms with Gasteiger partial charge in [0, 0.05) is 20.9 Å². The molecule has 0 unspecified atom stereocenters. The molecule has 0 radical (unpaired) electrons. The monoisotopic (exact) mass is 186 g/mol. The largest absolute Gasteiger partial charge is 0.310 e. The summed E-state index contributed by atoms with van der Waals surface area (Å²) in [6.45, 7) is 3.32. The molecule has 72 valence electrons. The Bertz CT molecular complexity index is 132. The Morgan fingerprint density at radius 3 is 1.27 bits per heavy atom. The molecule has 0 heterocycles. The molecular weight excluding hydrogens is 168 g/mol. The highest BCUT2D eigenvalue weighted by atomic mass is 32.4. The van der Waals surface area contributed by atoms with Crippen molar-refractivity contribution in [1.82, 2.24) is 0 Å². The van der Waals surface area contributed by atoms with Gasteiger partial charge in [0.1, 0.15) is 0 Å². The van der Waals surface area contributed by atoms with E-state index in [2.05, 4.69) is 0 Å². The Balaban J connectivity index is 4.54. The summed E-state index contributed by atoms with van der Waals surface area (Å²) in [5, 5.41) is 0. The topological polar surface area (TPSA) is 80.9 Å². The molecule has 0 aliphatic heterocycles. The van der Waals surface area contributed by atoms with Crippen LogP contribution in [0.15, 0.2) is 0 Å². The van der Waals surface area contributed by atoms with Crippen LogP contribution in [-0.4, -0.2) is 29.7 Å². The van der Waals surface area contributed by atoms with Crippen LogP contribution in [0.3, 0.4) is 0 Å². The zero-order chi connectivity index (χ0) is 9.24. The van der Waals surface area contributed by atoms with Crippen LogP contribution in [0.4, 0.5) is 0 Å². The van der Waals surface area contributed by atoms with Crippen LogP contribution in [0, 0.1) is 0 Å². The molecule has 0 saturated carbocycles. The summed E-state index contributed by atoms with van der Waals surface area (Å²) in [6, 6.07) is 0. The highest BCUT2D eigenvalue weighted by Crippen LogP contribution is 2.76. The predicted octanol–water partition coefficient (Wildman–Crippen LogP) is 2.57. The van der Waals surface area contributed by atoms with E-state index in [0.717, 1.165) is 0 Å². The second-order valence-corrected chi connectivity index (χ2v) is 7.41. The Hall–Kier alpha value is 0.190. The van der Waals surface area contributed by atoms with Crippen molar-refractivity contribution in [3.63, 3.8) is 0 Å². The third kappa shape index (κ3) is 4.60. The molecule has 0 aliphatic rings. The van der Waals surface area contributed by atoms with Crippen molar-refractivity contribution in [1.29, 1.82) is 0 Å². The maximum absolute atomic E-state index is 9.23. The second kappa shape index (κ2) is 2.34. The van der Waals surface area contributed by atoms with Crippen LogP contribution in [0.2, 0.25) is 0 Å². The van der Waals surface area contributed by atoms with Gasteiger partial charge >= 0.3 is 0 Å². The fourth-order valence-corrected chi connectivity index (χ4v) is 3.36. The molecule has 0 amide bonds. The average Bonchev–Trinajstić information content (AvgIpc) is 1.59. The van der Waals surface area contributed by atoms with Crippen LogP contribution in [-0.2, 0) is 0 Å². The second-order valence-electron chi connectivity index (χ2n) is 3.14. The van der Waals surface area contributed by atoms with Gasteiger partial charge in [0.2, 0.25) is 0 Å². The van der Waals surface area contributed by atoms with Crippen molar-refractivity contribution >= 4 is 9.42 Å². The van der Waals surface area contributed by atoms with E-state index < -0.39 is 9.42 Å². The lowest BCUT2D eigenvalue weighted by Gasteiger charge is -2.62. The summed E-state index contributed by atoms with van der Waals surface area (Å²) >= 11 is 0. The lowest BCUT2D eigenvalue weighted by molar-refractivity contribution is 0.202. The Labute approximate surface area is 66.6 Å². The molecule has 0 spiro atoms. The molecule has 0 saturated heterocycles. The van der Waals surface area contributed by atoms with E-state index in [4.69, 9.17) is 0 Å². The molecule has 4 nitrogen and oxygen atoms in total. The molecule has 11 heavy (non-hydrogen) atoms. The van der Waals surface area contributed by atoms with Gasteiger partial charge in [-0.05, 0) is 12.8 Å². The van der Waals surface area contributed by atoms with Crippen LogP contribution in [0.25, 0.3) is 0 Å². The lowest BCUT2D eigenvalue weighted by Crippen LogP contribution is -2.40. The van der Waals surface area contributed by atoms with E-state index in [9.17, 15) is 18.2 Å². The molecule has 0 aromatic heterocycles. The van der Waals surface area contributed by atoms with Gasteiger partial charge in [-0.1, -0.05) is 13.8 Å². The maximum atomic E-state index is 9.23. The first-order chi connectivity index (χ1) is 4.62. The van der Waals surface area contributed by atoms with Crippen molar-refractivity contribution in [3.8, 4) is 0 Å². The van der Waals surface area contributed by atoms with Crippen LogP contribution in [0.1, 0.15) is 26.7 Å². The van der Waals surface area contributed by atoms with Gasteiger partial charge < -0.3 is 18.2 Å². The van der Waals surface area contributed by atoms with Crippen molar-refractivity contribution in [2.24, 2.45) is 0 Å². The number of hydrogen-bond donors (Lipinski definition) is 4. The van der Waals surface area contributed by atoms with Gasteiger partial charge in [-0.3, -0.25) is 0 Å². The Morgan fingerprint density at radius 2 is 1.09 bits per heavy atom. The quantitative estimate of drug-likeness (QED) is 0.544. The van der Waals surface area contributed by atoms with Gasteiger partial charge in [0.25, 0.3) is 0 Å². The third-order valence-electron chi connectivity index (χ3n) is 1.43. The number of rotatable bonds is 4. The van der Waals surface area contributed by atoms with E-state index in [1.54, 1.807) is 13.8 Å². The molecule has 0 aliphatic carbocycles. The predicted molar refractivity (Wildman–Crippen MR) is 48.4 cm³/mol. The minimum atomic E-state index is -5.59. The lowest BCUT2D eigenvalue weighted by atomic mass is 10.6. The van der Waals surface area contributed by atoms with E-state index in [1.807, 2.05) is 0 Å². The average molecular weight is 186 g/mol. The van der Waals surface area contributed by atoms with Crippen molar-refractivity contribution < 1.29 is 18.2 Å². The highest BCUT2D eigenvalue weighted by Gasteiger charge is 2.48. The third-order valence-corrected chi connectivity index (χ3v) is 4.28. The van der Waals surface area contributed by atoms with Crippen molar-refractivity contribution in [2.45, 2.75) is 26.7 Å². The Kier molecular flexibility index (Phi) is 2.38. The normalized spacial score (nSPS) is 19.1. The summed E-state index contributed by atoms with van der Waals surface area (Å²) in [5.74, 6) is -0.707. The first-order valence-electron chi connectivity index (χ1n) is 3.72. The minimum absolute atomic E-state index is 0.335. The zero-order valence-electron chi connectivity index (χ0n) is 7.03. The molecule has 5 heteroatoms. The molecule has 0 rings (SSSR count). The van der Waals surface area contributed by atoms with Gasteiger partial charge in [-0.25, -0.2) is 0 Å². The van der Waals surface area contributed by atoms with E-state index >= 15 is 0 Å². The minimum Gasteiger partial charge on any atom is -0.310 e. The summed E-state index contributed by atoms with van der Waals surface area (Å²) in [5.41, 5.74) is 0. The van der Waals surface area contributed by atoms with E-state index in [-0.39, 0.29) is 11.5 Å². The standard InChI is InChI=1S/C6H18O4S/c1-3-5-11(7,8,9,10)6-4-2/h7-10H,3-6H2,1-2H3. The first-order valence-corrected chi connectivity index (χ1v) is 6.34. The van der Waals surface area contributed by atoms with Crippen LogP contribution in [0.5, 0.6) is 0 Å². The summed E-state index contributed by atoms with van der Waals surface area (Å²) in [7, 11) is -5.59. The molecule has 0 aromatic carbocycles. The summed E-state index contributed by atoms with van der Waals surface area (Å²) < 4.78 is 36.9. The smallest absolute Gasteiger partial charge is 0.0429 e. The van der Waals surface area contributed by atoms with Gasteiger partial charge in [0.05, 0.1) is 0 Å². The zero-order valence-corrected chi connectivity index (χ0v) is 7.84. The fraction of sp³-hybridized carbons (Fsp3) is 1.00. The number of hydrogen-bond acceptors (Lipinski definition) is 4. The molecular formula is C6H18O4S. The van der Waals surface area contributed by atoms with Crippen molar-refractivity contribution in [3.05, 3.63) is 0 Å².